The van der Waals surface area contributed by atoms with Crippen molar-refractivity contribution < 1.29 is 57.1 Å². The van der Waals surface area contributed by atoms with Crippen molar-refractivity contribution in [2.24, 2.45) is 0 Å². The van der Waals surface area contributed by atoms with E-state index in [4.69, 9.17) is 0 Å². The SMILES string of the molecule is COC(=O)CN1CCN(S(=O)(=O)CC(F)(F)C(F)(F)SNS(=O)(=O)C(F)(F)F)CC1. The van der Waals surface area contributed by atoms with E-state index in [9.17, 15) is 52.4 Å². The summed E-state index contributed by atoms with van der Waals surface area (Å²) in [6.07, 6.45) is 0. The lowest BCUT2D eigenvalue weighted by Gasteiger charge is -2.34. The summed E-state index contributed by atoms with van der Waals surface area (Å²) in [4.78, 5) is 12.6. The monoisotopic (exact) mass is 515 g/mol. The van der Waals surface area contributed by atoms with E-state index in [1.54, 1.807) is 0 Å². The molecule has 1 aliphatic rings. The minimum absolute atomic E-state index is 0.101. The molecule has 30 heavy (non-hydrogen) atoms. The summed E-state index contributed by atoms with van der Waals surface area (Å²) in [6.45, 7) is -1.26. The number of hydrogen-bond donors (Lipinski definition) is 1. The minimum Gasteiger partial charge on any atom is -0.468 e. The molecule has 178 valence electrons. The summed E-state index contributed by atoms with van der Waals surface area (Å²) in [5.74, 6) is -8.55. The van der Waals surface area contributed by atoms with E-state index >= 15 is 0 Å². The van der Waals surface area contributed by atoms with Gasteiger partial charge in [-0.25, -0.2) is 16.8 Å². The van der Waals surface area contributed by atoms with Gasteiger partial charge in [-0.15, -0.1) is 4.13 Å². The van der Waals surface area contributed by atoms with Crippen molar-refractivity contribution in [1.82, 2.24) is 13.3 Å². The van der Waals surface area contributed by atoms with Gasteiger partial charge in [0, 0.05) is 38.1 Å². The quantitative estimate of drug-likeness (QED) is 0.267. The number of ether oxygens (including phenoxy) is 1. The molecule has 0 radical (unpaired) electrons. The van der Waals surface area contributed by atoms with Gasteiger partial charge in [0.1, 0.15) is 5.75 Å². The lowest BCUT2D eigenvalue weighted by molar-refractivity contribution is -0.142. The number of methoxy groups -OCH3 is 1. The standard InChI is InChI=1S/C11H16F7N3O6S3/c1-27-8(22)6-20-2-4-21(5-3-20)29(23,24)7-9(12,13)10(14,15)28-19-30(25,26)11(16,17)18/h19H,2-7H2,1H3. The summed E-state index contributed by atoms with van der Waals surface area (Å²) in [5, 5.41) is -5.52. The van der Waals surface area contributed by atoms with Gasteiger partial charge in [-0.3, -0.25) is 9.69 Å². The Morgan fingerprint density at radius 2 is 1.50 bits per heavy atom. The number of sulfonamides is 2. The van der Waals surface area contributed by atoms with Crippen LogP contribution < -0.4 is 4.13 Å². The number of esters is 1. The number of halogens is 7. The van der Waals surface area contributed by atoms with Crippen molar-refractivity contribution in [3.63, 3.8) is 0 Å². The first kappa shape index (κ1) is 27.1. The van der Waals surface area contributed by atoms with Crippen LogP contribution >= 0.6 is 11.9 Å². The van der Waals surface area contributed by atoms with Crippen LogP contribution in [0.15, 0.2) is 0 Å². The van der Waals surface area contributed by atoms with Crippen LogP contribution in [0.2, 0.25) is 0 Å². The zero-order valence-corrected chi connectivity index (χ0v) is 17.4. The molecule has 1 fully saturated rings. The highest BCUT2D eigenvalue weighted by Crippen LogP contribution is 2.44. The van der Waals surface area contributed by atoms with E-state index in [-0.39, 0.29) is 23.8 Å². The maximum atomic E-state index is 13.9. The minimum atomic E-state index is -6.38. The average molecular weight is 515 g/mol. The Hall–Kier alpha value is -0.890. The van der Waals surface area contributed by atoms with Gasteiger partial charge in [-0.2, -0.15) is 35.0 Å². The lowest BCUT2D eigenvalue weighted by Crippen LogP contribution is -2.54. The fourth-order valence-electron chi connectivity index (χ4n) is 2.05. The molecule has 0 spiro atoms. The molecule has 0 aromatic carbocycles. The number of alkyl halides is 7. The molecule has 1 saturated heterocycles. The Bertz CT molecular complexity index is 826. The predicted octanol–water partition coefficient (Wildman–Crippen LogP) is 0.422. The van der Waals surface area contributed by atoms with Crippen molar-refractivity contribution in [2.75, 3.05) is 45.6 Å². The fraction of sp³-hybridized carbons (Fsp3) is 0.909. The largest absolute Gasteiger partial charge is 0.512 e. The molecular weight excluding hydrogens is 499 g/mol. The number of carbonyl (C=O) groups is 1. The van der Waals surface area contributed by atoms with Crippen LogP contribution in [0.3, 0.4) is 0 Å². The van der Waals surface area contributed by atoms with Crippen LogP contribution in [-0.4, -0.2) is 94.3 Å². The van der Waals surface area contributed by atoms with Gasteiger partial charge in [0.2, 0.25) is 10.0 Å². The highest BCUT2D eigenvalue weighted by molar-refractivity contribution is 8.10. The van der Waals surface area contributed by atoms with Crippen LogP contribution in [-0.2, 0) is 29.6 Å². The van der Waals surface area contributed by atoms with E-state index < -0.39 is 73.5 Å². The van der Waals surface area contributed by atoms with Crippen LogP contribution in [0.4, 0.5) is 30.7 Å². The van der Waals surface area contributed by atoms with Crippen LogP contribution in [0.1, 0.15) is 0 Å². The number of hydrogen-bond acceptors (Lipinski definition) is 8. The first-order valence-electron chi connectivity index (χ1n) is 7.63. The highest BCUT2D eigenvalue weighted by Gasteiger charge is 2.61. The van der Waals surface area contributed by atoms with E-state index in [1.807, 2.05) is 0 Å². The third kappa shape index (κ3) is 6.81. The molecular formula is C11H16F7N3O6S3. The predicted molar refractivity (Wildman–Crippen MR) is 89.4 cm³/mol. The second-order valence-corrected chi connectivity index (χ2v) is 10.7. The summed E-state index contributed by atoms with van der Waals surface area (Å²) >= 11 is -1.77. The molecule has 0 saturated carbocycles. The fourth-order valence-corrected chi connectivity index (χ4v) is 5.14. The number of nitrogens with one attached hydrogen (secondary N) is 1. The molecule has 0 bridgehead atoms. The second kappa shape index (κ2) is 9.31. The zero-order valence-electron chi connectivity index (χ0n) is 15.0. The normalized spacial score (nSPS) is 18.4. The van der Waals surface area contributed by atoms with Crippen LogP contribution in [0.25, 0.3) is 0 Å². The smallest absolute Gasteiger partial charge is 0.468 e. The highest BCUT2D eigenvalue weighted by atomic mass is 32.3. The van der Waals surface area contributed by atoms with E-state index in [2.05, 4.69) is 4.74 Å². The van der Waals surface area contributed by atoms with E-state index in [1.165, 1.54) is 4.90 Å². The van der Waals surface area contributed by atoms with E-state index in [0.717, 1.165) is 7.11 Å². The molecule has 9 nitrogen and oxygen atoms in total. The number of carbonyl (C=O) groups excluding carboxylic acids is 1. The molecule has 0 aromatic rings. The van der Waals surface area contributed by atoms with Crippen molar-refractivity contribution in [1.29, 1.82) is 0 Å². The van der Waals surface area contributed by atoms with Crippen molar-refractivity contribution in [3.05, 3.63) is 0 Å². The van der Waals surface area contributed by atoms with Gasteiger partial charge in [-0.1, -0.05) is 0 Å². The summed E-state index contributed by atoms with van der Waals surface area (Å²) in [6, 6.07) is 0. The molecule has 1 N–H and O–H groups in total. The average Bonchev–Trinajstić information content (AvgIpc) is 2.58. The maximum absolute atomic E-state index is 13.9. The third-order valence-corrected chi connectivity index (χ3v) is 7.93. The number of rotatable bonds is 9. The topological polar surface area (TPSA) is 113 Å². The molecule has 0 aromatic heterocycles. The van der Waals surface area contributed by atoms with Gasteiger partial charge in [0.25, 0.3) is 0 Å². The Balaban J connectivity index is 2.80. The van der Waals surface area contributed by atoms with Crippen molar-refractivity contribution >= 4 is 38.0 Å². The number of piperazine rings is 1. The molecule has 1 heterocycles. The van der Waals surface area contributed by atoms with Crippen LogP contribution in [0.5, 0.6) is 0 Å². The van der Waals surface area contributed by atoms with Gasteiger partial charge in [0.05, 0.1) is 13.7 Å². The summed E-state index contributed by atoms with van der Waals surface area (Å²) in [7, 11) is -10.3. The molecule has 0 atom stereocenters. The van der Waals surface area contributed by atoms with Crippen molar-refractivity contribution in [3.8, 4) is 0 Å². The summed E-state index contributed by atoms with van der Waals surface area (Å²) in [5.41, 5.74) is -6.04. The van der Waals surface area contributed by atoms with E-state index in [0.29, 0.717) is 4.31 Å². The zero-order chi connectivity index (χ0) is 23.6. The Morgan fingerprint density at radius 3 is 1.93 bits per heavy atom. The van der Waals surface area contributed by atoms with Crippen molar-refractivity contribution in [2.45, 2.75) is 16.7 Å². The van der Waals surface area contributed by atoms with Crippen LogP contribution in [0, 0.1) is 0 Å². The second-order valence-electron chi connectivity index (χ2n) is 5.86. The molecule has 0 amide bonds. The molecule has 0 unspecified atom stereocenters. The summed E-state index contributed by atoms with van der Waals surface area (Å²) < 4.78 is 142. The van der Waals surface area contributed by atoms with Gasteiger partial charge < -0.3 is 4.74 Å². The van der Waals surface area contributed by atoms with Gasteiger partial charge >= 0.3 is 32.7 Å². The Labute approximate surface area is 171 Å². The molecule has 19 heteroatoms. The van der Waals surface area contributed by atoms with Gasteiger partial charge in [0.15, 0.2) is 0 Å². The Morgan fingerprint density at radius 1 is 1.00 bits per heavy atom. The third-order valence-electron chi connectivity index (χ3n) is 3.68. The maximum Gasteiger partial charge on any atom is 0.512 e. The molecule has 1 aliphatic heterocycles. The lowest BCUT2D eigenvalue weighted by atomic mass is 10.3. The Kier molecular flexibility index (Phi) is 8.42. The molecule has 1 rings (SSSR count). The first-order valence-corrected chi connectivity index (χ1v) is 11.5. The first-order chi connectivity index (χ1) is 13.3. The van der Waals surface area contributed by atoms with Gasteiger partial charge in [-0.05, 0) is 0 Å². The molecule has 0 aliphatic carbocycles. The number of nitrogens with zero attached hydrogens (tertiary/aromatic N) is 2.